The van der Waals surface area contributed by atoms with Crippen LogP contribution >= 0.6 is 0 Å². The number of halogens is 2. The van der Waals surface area contributed by atoms with Crippen LogP contribution in [0.3, 0.4) is 0 Å². The highest BCUT2D eigenvalue weighted by Crippen LogP contribution is 2.24. The number of oxazole rings is 1. The second kappa shape index (κ2) is 8.69. The lowest BCUT2D eigenvalue weighted by Gasteiger charge is -2.01. The fourth-order valence-electron chi connectivity index (χ4n) is 2.80. The van der Waals surface area contributed by atoms with Gasteiger partial charge in [0.25, 0.3) is 0 Å². The Labute approximate surface area is 170 Å². The van der Waals surface area contributed by atoms with Gasteiger partial charge in [-0.15, -0.1) is 0 Å². The van der Waals surface area contributed by atoms with Gasteiger partial charge in [0.15, 0.2) is 24.0 Å². The van der Waals surface area contributed by atoms with E-state index in [2.05, 4.69) is 10.1 Å². The highest BCUT2D eigenvalue weighted by Gasteiger charge is 2.14. The number of esters is 1. The van der Waals surface area contributed by atoms with E-state index in [1.807, 2.05) is 30.3 Å². The van der Waals surface area contributed by atoms with Crippen molar-refractivity contribution in [3.8, 4) is 22.6 Å². The van der Waals surface area contributed by atoms with Gasteiger partial charge in [-0.2, -0.15) is 0 Å². The second-order valence-electron chi connectivity index (χ2n) is 6.45. The number of hydrogen-bond donors (Lipinski definition) is 0. The van der Waals surface area contributed by atoms with Crippen LogP contribution in [-0.4, -0.2) is 16.1 Å². The van der Waals surface area contributed by atoms with Gasteiger partial charge < -0.3 is 13.7 Å². The molecule has 2 aromatic carbocycles. The van der Waals surface area contributed by atoms with Crippen LogP contribution < -0.4 is 0 Å². The van der Waals surface area contributed by atoms with Crippen molar-refractivity contribution in [2.45, 2.75) is 19.4 Å². The van der Waals surface area contributed by atoms with E-state index in [0.29, 0.717) is 11.5 Å². The number of aryl methyl sites for hydroxylation is 1. The molecule has 0 spiro atoms. The van der Waals surface area contributed by atoms with Gasteiger partial charge in [-0.25, -0.2) is 13.8 Å². The number of nitrogens with zero attached hydrogens (tertiary/aromatic N) is 2. The molecule has 152 valence electrons. The zero-order valence-electron chi connectivity index (χ0n) is 15.7. The summed E-state index contributed by atoms with van der Waals surface area (Å²) in [4.78, 5) is 16.0. The summed E-state index contributed by atoms with van der Waals surface area (Å²) in [7, 11) is 0. The van der Waals surface area contributed by atoms with E-state index >= 15 is 0 Å². The molecule has 2 heterocycles. The molecule has 4 aromatic rings. The normalized spacial score (nSPS) is 10.9. The van der Waals surface area contributed by atoms with E-state index in [-0.39, 0.29) is 36.7 Å². The number of carbonyl (C=O) groups excluding carboxylic acids is 1. The van der Waals surface area contributed by atoms with Crippen LogP contribution in [0.1, 0.15) is 18.1 Å². The Morgan fingerprint density at radius 1 is 1.07 bits per heavy atom. The predicted octanol–water partition coefficient (Wildman–Crippen LogP) is 4.95. The molecule has 8 heteroatoms. The Balaban J connectivity index is 1.28. The summed E-state index contributed by atoms with van der Waals surface area (Å²) in [6.45, 7) is -0.0453. The Hall–Kier alpha value is -3.81. The molecule has 0 radical (unpaired) electrons. The topological polar surface area (TPSA) is 78.4 Å². The summed E-state index contributed by atoms with van der Waals surface area (Å²) in [5, 5.41) is 3.96. The largest absolute Gasteiger partial charge is 0.457 e. The zero-order valence-corrected chi connectivity index (χ0v) is 15.7. The third-order valence-corrected chi connectivity index (χ3v) is 4.30. The standard InChI is InChI=1S/C22H16F2N2O4/c23-15-6-7-17(18(24)10-15)20-12-25-21(29-20)8-9-22(27)28-13-16-11-19(26-30-16)14-4-2-1-3-5-14/h1-7,10-12H,8-9,13H2. The highest BCUT2D eigenvalue weighted by atomic mass is 19.1. The van der Waals surface area contributed by atoms with Crippen molar-refractivity contribution in [2.24, 2.45) is 0 Å². The Bertz CT molecular complexity index is 1150. The molecule has 6 nitrogen and oxygen atoms in total. The maximum atomic E-state index is 13.8. The van der Waals surface area contributed by atoms with Crippen molar-refractivity contribution in [1.82, 2.24) is 10.1 Å². The molecular formula is C22H16F2N2O4. The van der Waals surface area contributed by atoms with Crippen molar-refractivity contribution in [2.75, 3.05) is 0 Å². The summed E-state index contributed by atoms with van der Waals surface area (Å²) in [6.07, 6.45) is 1.52. The van der Waals surface area contributed by atoms with Gasteiger partial charge in [0.05, 0.1) is 18.2 Å². The molecule has 4 rings (SSSR count). The molecule has 0 aliphatic carbocycles. The minimum atomic E-state index is -0.751. The molecular weight excluding hydrogens is 394 g/mol. The molecule has 0 saturated carbocycles. The van der Waals surface area contributed by atoms with E-state index in [4.69, 9.17) is 13.7 Å². The number of rotatable bonds is 7. The van der Waals surface area contributed by atoms with Crippen molar-refractivity contribution >= 4 is 5.97 Å². The van der Waals surface area contributed by atoms with E-state index in [1.165, 1.54) is 12.3 Å². The molecule has 0 saturated heterocycles. The molecule has 0 amide bonds. The van der Waals surface area contributed by atoms with Crippen LogP contribution in [0.2, 0.25) is 0 Å². The first-order chi connectivity index (χ1) is 14.6. The van der Waals surface area contributed by atoms with Crippen molar-refractivity contribution in [3.63, 3.8) is 0 Å². The fourth-order valence-corrected chi connectivity index (χ4v) is 2.80. The summed E-state index contributed by atoms with van der Waals surface area (Å²) in [6, 6.07) is 14.4. The van der Waals surface area contributed by atoms with Crippen LogP contribution in [0.4, 0.5) is 8.78 Å². The van der Waals surface area contributed by atoms with Gasteiger partial charge in [-0.05, 0) is 12.1 Å². The van der Waals surface area contributed by atoms with E-state index in [9.17, 15) is 13.6 Å². The summed E-state index contributed by atoms with van der Waals surface area (Å²) in [5.41, 5.74) is 1.65. The maximum absolute atomic E-state index is 13.8. The van der Waals surface area contributed by atoms with Crippen LogP contribution in [0.25, 0.3) is 22.6 Å². The SMILES string of the molecule is O=C(CCc1ncc(-c2ccc(F)cc2F)o1)OCc1cc(-c2ccccc2)no1. The molecule has 0 aliphatic rings. The molecule has 30 heavy (non-hydrogen) atoms. The molecule has 0 aliphatic heterocycles. The molecule has 0 fully saturated rings. The lowest BCUT2D eigenvalue weighted by Crippen LogP contribution is -2.05. The molecule has 0 bridgehead atoms. The Morgan fingerprint density at radius 2 is 1.90 bits per heavy atom. The lowest BCUT2D eigenvalue weighted by molar-refractivity contribution is -0.145. The van der Waals surface area contributed by atoms with Gasteiger partial charge in [-0.1, -0.05) is 35.5 Å². The second-order valence-corrected chi connectivity index (χ2v) is 6.45. The first kappa shape index (κ1) is 19.5. The van der Waals surface area contributed by atoms with Gasteiger partial charge in [0.2, 0.25) is 0 Å². The first-order valence-corrected chi connectivity index (χ1v) is 9.15. The molecule has 0 unspecified atom stereocenters. The summed E-state index contributed by atoms with van der Waals surface area (Å²) >= 11 is 0. The zero-order chi connectivity index (χ0) is 20.9. The molecule has 2 aromatic heterocycles. The summed E-state index contributed by atoms with van der Waals surface area (Å²) < 4.78 is 42.6. The Morgan fingerprint density at radius 3 is 2.70 bits per heavy atom. The van der Waals surface area contributed by atoms with E-state index in [1.54, 1.807) is 6.07 Å². The smallest absolute Gasteiger partial charge is 0.306 e. The van der Waals surface area contributed by atoms with E-state index < -0.39 is 17.6 Å². The lowest BCUT2D eigenvalue weighted by atomic mass is 10.1. The number of benzene rings is 2. The van der Waals surface area contributed by atoms with Gasteiger partial charge in [0.1, 0.15) is 17.3 Å². The average Bonchev–Trinajstić information content (AvgIpc) is 3.41. The maximum Gasteiger partial charge on any atom is 0.306 e. The van der Waals surface area contributed by atoms with Crippen LogP contribution in [0.5, 0.6) is 0 Å². The number of hydrogen-bond acceptors (Lipinski definition) is 6. The van der Waals surface area contributed by atoms with Crippen LogP contribution in [0.15, 0.2) is 69.7 Å². The van der Waals surface area contributed by atoms with Crippen LogP contribution in [-0.2, 0) is 22.6 Å². The third kappa shape index (κ3) is 4.60. The third-order valence-electron chi connectivity index (χ3n) is 4.30. The Kier molecular flexibility index (Phi) is 5.65. The van der Waals surface area contributed by atoms with Crippen molar-refractivity contribution < 1.29 is 27.3 Å². The predicted molar refractivity (Wildman–Crippen MR) is 102 cm³/mol. The fraction of sp³-hybridized carbons (Fsp3) is 0.136. The highest BCUT2D eigenvalue weighted by molar-refractivity contribution is 5.69. The average molecular weight is 410 g/mol. The van der Waals surface area contributed by atoms with Gasteiger partial charge in [-0.3, -0.25) is 4.79 Å². The quantitative estimate of drug-likeness (QED) is 0.401. The minimum absolute atomic E-state index is 0.0194. The summed E-state index contributed by atoms with van der Waals surface area (Å²) in [5.74, 6) is -1.07. The minimum Gasteiger partial charge on any atom is -0.457 e. The number of ether oxygens (including phenoxy) is 1. The van der Waals surface area contributed by atoms with Gasteiger partial charge >= 0.3 is 5.97 Å². The van der Waals surface area contributed by atoms with Crippen molar-refractivity contribution in [3.05, 3.63) is 84.1 Å². The van der Waals surface area contributed by atoms with Crippen molar-refractivity contribution in [1.29, 1.82) is 0 Å². The monoisotopic (exact) mass is 410 g/mol. The number of carbonyl (C=O) groups is 1. The van der Waals surface area contributed by atoms with Crippen LogP contribution in [0, 0.1) is 11.6 Å². The number of aromatic nitrogens is 2. The molecule has 0 N–H and O–H groups in total. The first-order valence-electron chi connectivity index (χ1n) is 9.15. The van der Waals surface area contributed by atoms with Gasteiger partial charge in [0, 0.05) is 24.1 Å². The van der Waals surface area contributed by atoms with E-state index in [0.717, 1.165) is 17.7 Å². The molecule has 0 atom stereocenters.